The molecule has 2 aromatic rings. The van der Waals surface area contributed by atoms with Gasteiger partial charge < -0.3 is 0 Å². The fourth-order valence-electron chi connectivity index (χ4n) is 1.40. The maximum Gasteiger partial charge on any atom is 0.282 e. The van der Waals surface area contributed by atoms with Crippen LogP contribution in [-0.2, 0) is 7.05 Å². The Bertz CT molecular complexity index is 434. The summed E-state index contributed by atoms with van der Waals surface area (Å²) >= 11 is 0. The van der Waals surface area contributed by atoms with Crippen LogP contribution in [-0.4, -0.2) is 9.78 Å². The molecule has 0 aliphatic rings. The van der Waals surface area contributed by atoms with E-state index in [1.54, 1.807) is 31.3 Å². The number of halogens is 2. The Morgan fingerprint density at radius 3 is 2.69 bits per heavy atom. The molecule has 1 aromatic carbocycles. The molecule has 0 amide bonds. The van der Waals surface area contributed by atoms with Gasteiger partial charge in [0.15, 0.2) is 0 Å². The average molecular weight is 182 g/mol. The molecule has 0 aliphatic heterocycles. The minimum absolute atomic E-state index is 0.141. The first-order chi connectivity index (χ1) is 6.20. The largest absolute Gasteiger partial charge is 0.282 e. The third kappa shape index (κ3) is 1.18. The number of hydrogen-bond donors (Lipinski definition) is 0. The van der Waals surface area contributed by atoms with Crippen LogP contribution >= 0.6 is 0 Å². The van der Waals surface area contributed by atoms with Gasteiger partial charge in [-0.15, -0.1) is 0 Å². The van der Waals surface area contributed by atoms with Gasteiger partial charge in [0.1, 0.15) is 5.69 Å². The summed E-state index contributed by atoms with van der Waals surface area (Å²) < 4.78 is 26.3. The van der Waals surface area contributed by atoms with Crippen molar-refractivity contribution in [3.05, 3.63) is 30.0 Å². The topological polar surface area (TPSA) is 17.8 Å². The second-order valence-corrected chi connectivity index (χ2v) is 2.83. The molecule has 1 aromatic heterocycles. The summed E-state index contributed by atoms with van der Waals surface area (Å²) in [5.74, 6) is 0. The van der Waals surface area contributed by atoms with Gasteiger partial charge in [-0.2, -0.15) is 5.10 Å². The second kappa shape index (κ2) is 2.80. The van der Waals surface area contributed by atoms with Gasteiger partial charge in [-0.05, 0) is 6.07 Å². The number of aryl methyl sites for hydroxylation is 1. The van der Waals surface area contributed by atoms with Crippen molar-refractivity contribution in [2.24, 2.45) is 7.05 Å². The van der Waals surface area contributed by atoms with Crippen molar-refractivity contribution >= 4 is 10.9 Å². The monoisotopic (exact) mass is 182 g/mol. The molecule has 1 heterocycles. The van der Waals surface area contributed by atoms with Crippen LogP contribution in [0, 0.1) is 0 Å². The van der Waals surface area contributed by atoms with Crippen LogP contribution in [0.15, 0.2) is 24.3 Å². The molecule has 13 heavy (non-hydrogen) atoms. The Hall–Kier alpha value is -1.45. The van der Waals surface area contributed by atoms with Crippen molar-refractivity contribution in [2.45, 2.75) is 6.43 Å². The zero-order chi connectivity index (χ0) is 9.42. The van der Waals surface area contributed by atoms with Crippen molar-refractivity contribution in [3.63, 3.8) is 0 Å². The Morgan fingerprint density at radius 1 is 1.31 bits per heavy atom. The summed E-state index contributed by atoms with van der Waals surface area (Å²) in [6.07, 6.45) is -2.51. The van der Waals surface area contributed by atoms with Gasteiger partial charge in [0.25, 0.3) is 6.43 Å². The molecule has 0 aliphatic carbocycles. The van der Waals surface area contributed by atoms with Crippen molar-refractivity contribution in [3.8, 4) is 0 Å². The minimum Gasteiger partial charge on any atom is -0.267 e. The van der Waals surface area contributed by atoms with E-state index in [2.05, 4.69) is 5.10 Å². The van der Waals surface area contributed by atoms with Gasteiger partial charge >= 0.3 is 0 Å². The van der Waals surface area contributed by atoms with Gasteiger partial charge in [-0.25, -0.2) is 8.78 Å². The highest BCUT2D eigenvalue weighted by atomic mass is 19.3. The first-order valence-electron chi connectivity index (χ1n) is 3.90. The summed E-state index contributed by atoms with van der Waals surface area (Å²) in [5, 5.41) is 4.28. The molecule has 2 nitrogen and oxygen atoms in total. The molecule has 0 saturated carbocycles. The predicted molar refractivity (Wildman–Crippen MR) is 45.7 cm³/mol. The lowest BCUT2D eigenvalue weighted by molar-refractivity contribution is 0.147. The van der Waals surface area contributed by atoms with Crippen LogP contribution in [0.5, 0.6) is 0 Å². The maximum atomic E-state index is 12.4. The number of hydrogen-bond acceptors (Lipinski definition) is 1. The Kier molecular flexibility index (Phi) is 1.76. The van der Waals surface area contributed by atoms with Gasteiger partial charge in [0.05, 0.1) is 5.52 Å². The predicted octanol–water partition coefficient (Wildman–Crippen LogP) is 2.51. The molecule has 0 spiro atoms. The molecule has 4 heteroatoms. The van der Waals surface area contributed by atoms with Crippen LogP contribution < -0.4 is 0 Å². The van der Waals surface area contributed by atoms with Crippen LogP contribution in [0.25, 0.3) is 10.9 Å². The third-order valence-corrected chi connectivity index (χ3v) is 1.99. The van der Waals surface area contributed by atoms with E-state index in [1.165, 1.54) is 4.68 Å². The number of para-hydroxylation sites is 1. The number of rotatable bonds is 1. The summed E-state index contributed by atoms with van der Waals surface area (Å²) in [7, 11) is 1.66. The van der Waals surface area contributed by atoms with E-state index in [4.69, 9.17) is 0 Å². The number of alkyl halides is 2. The van der Waals surface area contributed by atoms with E-state index >= 15 is 0 Å². The molecular weight excluding hydrogens is 174 g/mol. The first-order valence-corrected chi connectivity index (χ1v) is 3.90. The molecule has 0 saturated heterocycles. The van der Waals surface area contributed by atoms with Gasteiger partial charge in [-0.1, -0.05) is 18.2 Å². The van der Waals surface area contributed by atoms with Crippen LogP contribution in [0.1, 0.15) is 12.1 Å². The number of benzene rings is 1. The second-order valence-electron chi connectivity index (χ2n) is 2.83. The summed E-state index contributed by atoms with van der Waals surface area (Å²) in [6, 6.07) is 6.97. The van der Waals surface area contributed by atoms with E-state index in [9.17, 15) is 8.78 Å². The van der Waals surface area contributed by atoms with E-state index in [0.29, 0.717) is 5.39 Å². The number of aromatic nitrogens is 2. The van der Waals surface area contributed by atoms with E-state index in [0.717, 1.165) is 5.52 Å². The highest BCUT2D eigenvalue weighted by Crippen LogP contribution is 2.25. The molecule has 0 unspecified atom stereocenters. The molecule has 2 rings (SSSR count). The van der Waals surface area contributed by atoms with Crippen molar-refractivity contribution < 1.29 is 8.78 Å². The Balaban J connectivity index is 2.78. The minimum atomic E-state index is -2.51. The van der Waals surface area contributed by atoms with E-state index < -0.39 is 6.43 Å². The zero-order valence-electron chi connectivity index (χ0n) is 7.04. The summed E-state index contributed by atoms with van der Waals surface area (Å²) in [5.41, 5.74) is 0.593. The van der Waals surface area contributed by atoms with Crippen molar-refractivity contribution in [1.82, 2.24) is 9.78 Å². The molecule has 0 atom stereocenters. The average Bonchev–Trinajstić information content (AvgIpc) is 2.45. The lowest BCUT2D eigenvalue weighted by atomic mass is 10.2. The van der Waals surface area contributed by atoms with Gasteiger partial charge in [0.2, 0.25) is 0 Å². The quantitative estimate of drug-likeness (QED) is 0.662. The Labute approximate surface area is 73.8 Å². The van der Waals surface area contributed by atoms with Crippen LogP contribution in [0.3, 0.4) is 0 Å². The summed E-state index contributed by atoms with van der Waals surface area (Å²) in [6.45, 7) is 0. The molecule has 0 bridgehead atoms. The van der Waals surface area contributed by atoms with Crippen LogP contribution in [0.2, 0.25) is 0 Å². The standard InChI is InChI=1S/C9H8F2N2/c1-13-7-5-3-2-4-6(7)8(12-13)9(10)11/h2-5,9H,1H3. The molecule has 0 radical (unpaired) electrons. The van der Waals surface area contributed by atoms with Gasteiger partial charge in [-0.3, -0.25) is 4.68 Å². The lowest BCUT2D eigenvalue weighted by Gasteiger charge is -1.92. The summed E-state index contributed by atoms with van der Waals surface area (Å²) in [4.78, 5) is 0. The Morgan fingerprint density at radius 2 is 2.00 bits per heavy atom. The SMILES string of the molecule is Cn1nc(C(F)F)c2ccccc21. The van der Waals surface area contributed by atoms with Crippen LogP contribution in [0.4, 0.5) is 8.78 Å². The highest BCUT2D eigenvalue weighted by Gasteiger charge is 2.16. The lowest BCUT2D eigenvalue weighted by Crippen LogP contribution is -1.91. The van der Waals surface area contributed by atoms with E-state index in [-0.39, 0.29) is 5.69 Å². The number of fused-ring (bicyclic) bond motifs is 1. The fourth-order valence-corrected chi connectivity index (χ4v) is 1.40. The third-order valence-electron chi connectivity index (χ3n) is 1.99. The normalized spacial score (nSPS) is 11.4. The van der Waals surface area contributed by atoms with Crippen molar-refractivity contribution in [2.75, 3.05) is 0 Å². The van der Waals surface area contributed by atoms with Crippen molar-refractivity contribution in [1.29, 1.82) is 0 Å². The number of nitrogens with zero attached hydrogens (tertiary/aromatic N) is 2. The maximum absolute atomic E-state index is 12.4. The highest BCUT2D eigenvalue weighted by molar-refractivity contribution is 5.82. The van der Waals surface area contributed by atoms with E-state index in [1.807, 2.05) is 0 Å². The molecule has 68 valence electrons. The molecule has 0 fully saturated rings. The molecule has 0 N–H and O–H groups in total. The smallest absolute Gasteiger partial charge is 0.267 e. The first kappa shape index (κ1) is 8.16. The fraction of sp³-hybridized carbons (Fsp3) is 0.222. The van der Waals surface area contributed by atoms with Gasteiger partial charge in [0, 0.05) is 12.4 Å². The molecular formula is C9H8F2N2. The zero-order valence-corrected chi connectivity index (χ0v) is 7.04.